The van der Waals surface area contributed by atoms with Crippen LogP contribution in [0.25, 0.3) is 0 Å². The van der Waals surface area contributed by atoms with Gasteiger partial charge in [-0.15, -0.1) is 0 Å². The molecule has 0 spiro atoms. The SMILES string of the molecule is CCCCCCCCCCCCCC[N+](C)(CCCCCCCCCCCCCC)CCCO[C@@H]1O[C@H](CO[C@H]2O[C@H](CO)[C@@H](O)[C@H](O)[C@H]2O)[C@@H](O)[C@H](O)[C@H]1O. The first-order chi connectivity index (χ1) is 27.1. The molecule has 0 radical (unpaired) electrons. The van der Waals surface area contributed by atoms with Gasteiger partial charge in [0.2, 0.25) is 0 Å². The third kappa shape index (κ3) is 20.7. The molecule has 0 aromatic heterocycles. The first-order valence-corrected chi connectivity index (χ1v) is 23.2. The monoisotopic (exact) mass is 807 g/mol. The maximum absolute atomic E-state index is 10.7. The van der Waals surface area contributed by atoms with Crippen molar-refractivity contribution in [2.24, 2.45) is 0 Å². The van der Waals surface area contributed by atoms with Crippen LogP contribution in [0.15, 0.2) is 0 Å². The van der Waals surface area contributed by atoms with Gasteiger partial charge in [0.25, 0.3) is 0 Å². The van der Waals surface area contributed by atoms with Gasteiger partial charge in [0.1, 0.15) is 48.8 Å². The Balaban J connectivity index is 1.79. The van der Waals surface area contributed by atoms with Crippen molar-refractivity contribution in [1.29, 1.82) is 0 Å². The second-order valence-electron chi connectivity index (χ2n) is 17.3. The molecule has 334 valence electrons. The molecule has 2 heterocycles. The zero-order valence-corrected chi connectivity index (χ0v) is 35.9. The summed E-state index contributed by atoms with van der Waals surface area (Å²) >= 11 is 0. The molecule has 0 aromatic rings. The minimum absolute atomic E-state index is 0.301. The number of rotatable bonds is 35. The largest absolute Gasteiger partial charge is 0.394 e. The quantitative estimate of drug-likeness (QED) is 0.0301. The summed E-state index contributed by atoms with van der Waals surface area (Å²) in [4.78, 5) is 0. The average Bonchev–Trinajstić information content (AvgIpc) is 3.19. The van der Waals surface area contributed by atoms with E-state index < -0.39 is 68.0 Å². The van der Waals surface area contributed by atoms with Crippen LogP contribution < -0.4 is 0 Å². The first kappa shape index (κ1) is 51.7. The zero-order valence-electron chi connectivity index (χ0n) is 35.9. The molecule has 2 rings (SSSR count). The highest BCUT2D eigenvalue weighted by Crippen LogP contribution is 2.26. The minimum Gasteiger partial charge on any atom is -0.394 e. The molecule has 56 heavy (non-hydrogen) atoms. The maximum Gasteiger partial charge on any atom is 0.186 e. The van der Waals surface area contributed by atoms with Crippen LogP contribution in [0.3, 0.4) is 0 Å². The molecule has 0 saturated carbocycles. The van der Waals surface area contributed by atoms with E-state index in [1.54, 1.807) is 0 Å². The molecular formula is C44H88NO11+. The van der Waals surface area contributed by atoms with Crippen molar-refractivity contribution in [3.05, 3.63) is 0 Å². The highest BCUT2D eigenvalue weighted by Gasteiger charge is 2.47. The molecular weight excluding hydrogens is 718 g/mol. The molecule has 0 amide bonds. The topological polar surface area (TPSA) is 179 Å². The Bertz CT molecular complexity index is 888. The van der Waals surface area contributed by atoms with E-state index in [4.69, 9.17) is 18.9 Å². The van der Waals surface area contributed by atoms with Gasteiger partial charge in [0, 0.05) is 6.42 Å². The minimum atomic E-state index is -1.62. The highest BCUT2D eigenvalue weighted by atomic mass is 16.7. The van der Waals surface area contributed by atoms with Gasteiger partial charge in [-0.1, -0.05) is 142 Å². The van der Waals surface area contributed by atoms with Gasteiger partial charge in [0.05, 0.1) is 46.5 Å². The Morgan fingerprint density at radius 2 is 0.750 bits per heavy atom. The predicted octanol–water partition coefficient (Wildman–Crippen LogP) is 5.87. The molecule has 2 fully saturated rings. The fourth-order valence-corrected chi connectivity index (χ4v) is 8.24. The number of ether oxygens (including phenoxy) is 4. The summed E-state index contributed by atoms with van der Waals surface area (Å²) in [6.45, 7) is 7.03. The molecule has 0 aliphatic carbocycles. The van der Waals surface area contributed by atoms with Crippen molar-refractivity contribution < 1.29 is 59.2 Å². The van der Waals surface area contributed by atoms with E-state index in [1.807, 2.05) is 0 Å². The Kier molecular flexibility index (Phi) is 29.0. The molecule has 2 saturated heterocycles. The van der Waals surface area contributed by atoms with Gasteiger partial charge in [-0.2, -0.15) is 0 Å². The summed E-state index contributed by atoms with van der Waals surface area (Å²) < 4.78 is 23.7. The van der Waals surface area contributed by atoms with Crippen molar-refractivity contribution in [2.75, 3.05) is 46.5 Å². The molecule has 2 aliphatic rings. The molecule has 7 N–H and O–H groups in total. The number of aliphatic hydroxyl groups is 7. The third-order valence-electron chi connectivity index (χ3n) is 12.2. The Morgan fingerprint density at radius 3 is 1.16 bits per heavy atom. The summed E-state index contributed by atoms with van der Waals surface area (Å²) in [6.07, 6.45) is 18.5. The van der Waals surface area contributed by atoms with Gasteiger partial charge < -0.3 is 59.2 Å². The summed E-state index contributed by atoms with van der Waals surface area (Å²) in [5.74, 6) is 0. The normalized spacial score (nSPS) is 28.6. The van der Waals surface area contributed by atoms with Gasteiger partial charge in [-0.25, -0.2) is 0 Å². The van der Waals surface area contributed by atoms with Crippen LogP contribution in [0.4, 0.5) is 0 Å². The number of quaternary nitrogens is 1. The van der Waals surface area contributed by atoms with E-state index in [9.17, 15) is 35.7 Å². The predicted molar refractivity (Wildman–Crippen MR) is 220 cm³/mol. The summed E-state index contributed by atoms with van der Waals surface area (Å²) in [6, 6.07) is 0. The molecule has 12 heteroatoms. The van der Waals surface area contributed by atoms with E-state index in [2.05, 4.69) is 20.9 Å². The number of nitrogens with zero attached hydrogens (tertiary/aromatic N) is 1. The van der Waals surface area contributed by atoms with Crippen LogP contribution in [0.2, 0.25) is 0 Å². The van der Waals surface area contributed by atoms with E-state index in [0.29, 0.717) is 6.61 Å². The van der Waals surface area contributed by atoms with Crippen LogP contribution in [0.1, 0.15) is 174 Å². The van der Waals surface area contributed by atoms with Crippen molar-refractivity contribution in [3.63, 3.8) is 0 Å². The number of aliphatic hydroxyl groups excluding tert-OH is 7. The van der Waals surface area contributed by atoms with Crippen LogP contribution in [0.5, 0.6) is 0 Å². The number of hydrogen-bond acceptors (Lipinski definition) is 11. The van der Waals surface area contributed by atoms with E-state index in [1.165, 1.54) is 154 Å². The highest BCUT2D eigenvalue weighted by molar-refractivity contribution is 4.91. The molecule has 2 aliphatic heterocycles. The van der Waals surface area contributed by atoms with Gasteiger partial charge >= 0.3 is 0 Å². The van der Waals surface area contributed by atoms with E-state index in [-0.39, 0.29) is 6.61 Å². The lowest BCUT2D eigenvalue weighted by atomic mass is 9.98. The molecule has 0 unspecified atom stereocenters. The summed E-state index contributed by atoms with van der Waals surface area (Å²) in [7, 11) is 2.36. The number of hydrogen-bond donors (Lipinski definition) is 7. The van der Waals surface area contributed by atoms with E-state index >= 15 is 0 Å². The lowest BCUT2D eigenvalue weighted by Gasteiger charge is -2.42. The average molecular weight is 807 g/mol. The van der Waals surface area contributed by atoms with Gasteiger partial charge in [-0.05, 0) is 25.7 Å². The third-order valence-corrected chi connectivity index (χ3v) is 12.2. The molecule has 12 nitrogen and oxygen atoms in total. The second-order valence-corrected chi connectivity index (χ2v) is 17.3. The van der Waals surface area contributed by atoms with Gasteiger partial charge in [0.15, 0.2) is 12.6 Å². The lowest BCUT2D eigenvalue weighted by molar-refractivity contribution is -0.910. The van der Waals surface area contributed by atoms with Crippen molar-refractivity contribution in [1.82, 2.24) is 0 Å². The Morgan fingerprint density at radius 1 is 0.411 bits per heavy atom. The maximum atomic E-state index is 10.7. The molecule has 10 atom stereocenters. The van der Waals surface area contributed by atoms with Crippen molar-refractivity contribution >= 4 is 0 Å². The first-order valence-electron chi connectivity index (χ1n) is 23.2. The van der Waals surface area contributed by atoms with E-state index in [0.717, 1.165) is 30.5 Å². The summed E-state index contributed by atoms with van der Waals surface area (Å²) in [5, 5.41) is 71.8. The van der Waals surface area contributed by atoms with Crippen LogP contribution >= 0.6 is 0 Å². The second kappa shape index (κ2) is 31.4. The molecule has 0 bridgehead atoms. The fraction of sp³-hybridized carbons (Fsp3) is 1.00. The number of unbranched alkanes of at least 4 members (excludes halogenated alkanes) is 22. The standard InChI is InChI=1S/C44H88NO11/c1-4-6-8-10-12-14-16-18-20-22-24-26-29-45(3,30-27-25-23-21-19-17-15-13-11-9-7-5-2)31-28-32-53-43-41(51)40(50)38(48)36(56-43)34-54-44-42(52)39(49)37(47)35(33-46)55-44/h35-44,46-52H,4-34H2,1-3H3/q+1/t35-,36-,37-,38-,39+,40+,41-,42-,43-,44+/m1/s1. The Labute approximate surface area is 340 Å². The molecule has 0 aromatic carbocycles. The van der Waals surface area contributed by atoms with Crippen LogP contribution in [-0.2, 0) is 18.9 Å². The van der Waals surface area contributed by atoms with Crippen LogP contribution in [0, 0.1) is 0 Å². The van der Waals surface area contributed by atoms with Gasteiger partial charge in [-0.3, -0.25) is 0 Å². The Hall–Kier alpha value is -0.480. The van der Waals surface area contributed by atoms with Crippen LogP contribution in [-0.4, -0.2) is 148 Å². The van der Waals surface area contributed by atoms with Crippen molar-refractivity contribution in [2.45, 2.75) is 236 Å². The lowest BCUT2D eigenvalue weighted by Crippen LogP contribution is -2.61. The fourth-order valence-electron chi connectivity index (χ4n) is 8.24. The smallest absolute Gasteiger partial charge is 0.186 e. The van der Waals surface area contributed by atoms with Crippen molar-refractivity contribution in [3.8, 4) is 0 Å². The summed E-state index contributed by atoms with van der Waals surface area (Å²) in [5.41, 5.74) is 0. The zero-order chi connectivity index (χ0) is 41.0.